The number of aliphatic imine (C=N–C) groups is 1. The molecule has 0 spiro atoms. The lowest BCUT2D eigenvalue weighted by atomic mass is 9.75. The predicted molar refractivity (Wildman–Crippen MR) is 106 cm³/mol. The molecule has 4 atom stereocenters. The van der Waals surface area contributed by atoms with Gasteiger partial charge < -0.3 is 20.3 Å². The van der Waals surface area contributed by atoms with Crippen molar-refractivity contribution in [3.8, 4) is 16.9 Å². The van der Waals surface area contributed by atoms with Crippen LogP contribution in [-0.4, -0.2) is 30.4 Å². The van der Waals surface area contributed by atoms with Gasteiger partial charge in [0, 0.05) is 16.5 Å². The molecule has 0 bridgehead atoms. The molecular formula is C21H22ClFN2O3. The van der Waals surface area contributed by atoms with Crippen LogP contribution in [0, 0.1) is 11.7 Å². The van der Waals surface area contributed by atoms with Crippen molar-refractivity contribution in [2.24, 2.45) is 16.6 Å². The van der Waals surface area contributed by atoms with Crippen molar-refractivity contribution in [2.45, 2.75) is 37.5 Å². The minimum absolute atomic E-state index is 0.0173. The molecule has 0 aromatic heterocycles. The van der Waals surface area contributed by atoms with Gasteiger partial charge in [0.15, 0.2) is 0 Å². The van der Waals surface area contributed by atoms with Crippen LogP contribution in [0.25, 0.3) is 11.1 Å². The van der Waals surface area contributed by atoms with E-state index in [4.69, 9.17) is 26.8 Å². The smallest absolute Gasteiger partial charge is 0.282 e. The second-order valence-corrected chi connectivity index (χ2v) is 7.75. The molecule has 28 heavy (non-hydrogen) atoms. The van der Waals surface area contributed by atoms with Crippen molar-refractivity contribution in [3.05, 3.63) is 52.8 Å². The number of nitrogens with two attached hydrogens (primary N) is 1. The number of benzene rings is 2. The Hall–Kier alpha value is -2.31. The fourth-order valence-electron chi connectivity index (χ4n) is 4.17. The fraction of sp³-hybridized carbons (Fsp3) is 0.381. The molecule has 1 heterocycles. The van der Waals surface area contributed by atoms with Crippen molar-refractivity contribution in [1.82, 2.24) is 0 Å². The summed E-state index contributed by atoms with van der Waals surface area (Å²) in [6, 6.07) is 9.86. The topological polar surface area (TPSA) is 77.1 Å². The first-order valence-corrected chi connectivity index (χ1v) is 9.65. The summed E-state index contributed by atoms with van der Waals surface area (Å²) in [6.45, 7) is 0. The molecule has 2 aromatic carbocycles. The summed E-state index contributed by atoms with van der Waals surface area (Å²) in [4.78, 5) is 4.57. The van der Waals surface area contributed by atoms with E-state index < -0.39 is 11.9 Å². The lowest BCUT2D eigenvalue weighted by molar-refractivity contribution is -0.00212. The molecule has 1 aliphatic heterocycles. The maximum atomic E-state index is 13.8. The number of ether oxygens (including phenoxy) is 2. The van der Waals surface area contributed by atoms with Crippen LogP contribution in [0.4, 0.5) is 4.39 Å². The SMILES string of the molecule is COC(N)=NC1c2cc(-c3cc(F)cc(Cl)c3)ccc2O[C@@H]2CCC(O)CC12. The highest BCUT2D eigenvalue weighted by Crippen LogP contribution is 2.47. The highest BCUT2D eigenvalue weighted by molar-refractivity contribution is 6.30. The van der Waals surface area contributed by atoms with E-state index in [2.05, 4.69) is 4.99 Å². The number of aliphatic hydroxyl groups is 1. The number of amidine groups is 1. The molecule has 3 unspecified atom stereocenters. The molecule has 1 aliphatic carbocycles. The number of methoxy groups -OCH3 is 1. The van der Waals surface area contributed by atoms with E-state index >= 15 is 0 Å². The molecule has 1 fully saturated rings. The Labute approximate surface area is 167 Å². The molecule has 0 radical (unpaired) electrons. The third-order valence-electron chi connectivity index (χ3n) is 5.49. The summed E-state index contributed by atoms with van der Waals surface area (Å²) in [5, 5.41) is 10.5. The zero-order valence-corrected chi connectivity index (χ0v) is 16.2. The van der Waals surface area contributed by atoms with Crippen LogP contribution < -0.4 is 10.5 Å². The van der Waals surface area contributed by atoms with E-state index in [0.29, 0.717) is 23.4 Å². The van der Waals surface area contributed by atoms with E-state index in [0.717, 1.165) is 23.3 Å². The van der Waals surface area contributed by atoms with Gasteiger partial charge in [-0.2, -0.15) is 0 Å². The summed E-state index contributed by atoms with van der Waals surface area (Å²) in [5.74, 6) is 0.308. The number of fused-ring (bicyclic) bond motifs is 2. The fourth-order valence-corrected chi connectivity index (χ4v) is 4.39. The first-order chi connectivity index (χ1) is 13.4. The van der Waals surface area contributed by atoms with Gasteiger partial charge in [-0.3, -0.25) is 0 Å². The molecule has 4 rings (SSSR count). The van der Waals surface area contributed by atoms with E-state index in [1.807, 2.05) is 18.2 Å². The molecule has 2 aliphatic rings. The third-order valence-corrected chi connectivity index (χ3v) is 5.71. The number of halogens is 2. The van der Waals surface area contributed by atoms with Gasteiger partial charge in [-0.05, 0) is 60.7 Å². The van der Waals surface area contributed by atoms with Crippen molar-refractivity contribution >= 4 is 17.6 Å². The minimum atomic E-state index is -0.398. The number of aliphatic hydroxyl groups excluding tert-OH is 1. The first kappa shape index (κ1) is 19.0. The third kappa shape index (κ3) is 3.66. The zero-order chi connectivity index (χ0) is 19.8. The van der Waals surface area contributed by atoms with E-state index in [-0.39, 0.29) is 24.1 Å². The number of hydrogen-bond donors (Lipinski definition) is 2. The summed E-state index contributed by atoms with van der Waals surface area (Å²) >= 11 is 6.02. The molecule has 2 aromatic rings. The van der Waals surface area contributed by atoms with Crippen LogP contribution in [0.2, 0.25) is 5.02 Å². The Bertz CT molecular complexity index is 900. The highest BCUT2D eigenvalue weighted by Gasteiger charge is 2.42. The molecular weight excluding hydrogens is 383 g/mol. The summed E-state index contributed by atoms with van der Waals surface area (Å²) in [6.07, 6.45) is 1.60. The maximum Gasteiger partial charge on any atom is 0.282 e. The monoisotopic (exact) mass is 404 g/mol. The lowest BCUT2D eigenvalue weighted by Crippen LogP contribution is -2.42. The molecule has 0 amide bonds. The molecule has 0 saturated heterocycles. The number of hydrogen-bond acceptors (Lipinski definition) is 4. The normalized spacial score (nSPS) is 26.8. The van der Waals surface area contributed by atoms with Gasteiger partial charge in [-0.15, -0.1) is 0 Å². The molecule has 5 nitrogen and oxygen atoms in total. The van der Waals surface area contributed by atoms with Crippen LogP contribution in [0.1, 0.15) is 30.9 Å². The second kappa shape index (κ2) is 7.60. The number of nitrogens with zero attached hydrogens (tertiary/aromatic N) is 1. The van der Waals surface area contributed by atoms with Crippen molar-refractivity contribution in [3.63, 3.8) is 0 Å². The van der Waals surface area contributed by atoms with E-state index in [1.54, 1.807) is 6.07 Å². The Morgan fingerprint density at radius 3 is 2.82 bits per heavy atom. The summed E-state index contributed by atoms with van der Waals surface area (Å²) in [7, 11) is 1.47. The molecule has 1 saturated carbocycles. The minimum Gasteiger partial charge on any atom is -0.490 e. The number of rotatable bonds is 2. The predicted octanol–water partition coefficient (Wildman–Crippen LogP) is 4.07. The molecule has 7 heteroatoms. The van der Waals surface area contributed by atoms with Gasteiger partial charge in [0.25, 0.3) is 6.02 Å². The van der Waals surface area contributed by atoms with Crippen LogP contribution in [0.5, 0.6) is 5.75 Å². The molecule has 148 valence electrons. The second-order valence-electron chi connectivity index (χ2n) is 7.31. The van der Waals surface area contributed by atoms with Crippen molar-refractivity contribution in [2.75, 3.05) is 7.11 Å². The Balaban J connectivity index is 1.80. The standard InChI is InChI=1S/C21H22ClFN2O3/c1-27-21(24)25-20-16-8-11(12-6-13(22)9-14(23)7-12)2-4-18(16)28-19-5-3-15(26)10-17(19)20/h2,4,6-9,15,17,19-20,26H,3,5,10H2,1H3,(H2,24,25)/t15?,17?,19-,20?/m1/s1. The lowest BCUT2D eigenvalue weighted by Gasteiger charge is -2.42. The van der Waals surface area contributed by atoms with Gasteiger partial charge in [0.1, 0.15) is 17.7 Å². The Morgan fingerprint density at radius 1 is 1.25 bits per heavy atom. The van der Waals surface area contributed by atoms with Crippen LogP contribution in [0.3, 0.4) is 0 Å². The van der Waals surface area contributed by atoms with Gasteiger partial charge in [0.05, 0.1) is 19.3 Å². The highest BCUT2D eigenvalue weighted by atomic mass is 35.5. The Kier molecular flexibility index (Phi) is 5.17. The zero-order valence-electron chi connectivity index (χ0n) is 15.4. The average molecular weight is 405 g/mol. The summed E-state index contributed by atoms with van der Waals surface area (Å²) < 4.78 is 25.1. The quantitative estimate of drug-likeness (QED) is 0.584. The van der Waals surface area contributed by atoms with Gasteiger partial charge in [0.2, 0.25) is 0 Å². The van der Waals surface area contributed by atoms with Crippen molar-refractivity contribution in [1.29, 1.82) is 0 Å². The van der Waals surface area contributed by atoms with E-state index in [1.165, 1.54) is 19.2 Å². The van der Waals surface area contributed by atoms with Gasteiger partial charge in [-0.25, -0.2) is 9.38 Å². The van der Waals surface area contributed by atoms with Crippen LogP contribution in [-0.2, 0) is 4.74 Å². The molecule has 3 N–H and O–H groups in total. The van der Waals surface area contributed by atoms with Gasteiger partial charge >= 0.3 is 0 Å². The van der Waals surface area contributed by atoms with E-state index in [9.17, 15) is 9.50 Å². The summed E-state index contributed by atoms with van der Waals surface area (Å²) in [5.41, 5.74) is 8.17. The first-order valence-electron chi connectivity index (χ1n) is 9.27. The largest absolute Gasteiger partial charge is 0.490 e. The van der Waals surface area contributed by atoms with Crippen LogP contribution >= 0.6 is 11.6 Å². The van der Waals surface area contributed by atoms with Crippen LogP contribution in [0.15, 0.2) is 41.4 Å². The van der Waals surface area contributed by atoms with Crippen molar-refractivity contribution < 1.29 is 19.0 Å². The van der Waals surface area contributed by atoms with Gasteiger partial charge in [-0.1, -0.05) is 17.7 Å². The Morgan fingerprint density at radius 2 is 2.07 bits per heavy atom. The average Bonchev–Trinajstić information content (AvgIpc) is 2.67. The maximum absolute atomic E-state index is 13.8.